The van der Waals surface area contributed by atoms with Crippen molar-refractivity contribution in [2.75, 3.05) is 9.80 Å². The molecule has 398 valence electrons. The number of hydrogen-bond donors (Lipinski definition) is 0. The van der Waals surface area contributed by atoms with Crippen LogP contribution in [0.25, 0.3) is 79.2 Å². The van der Waals surface area contributed by atoms with Gasteiger partial charge in [0.25, 0.3) is 0 Å². The first-order chi connectivity index (χ1) is 40.4. The molecule has 0 N–H and O–H groups in total. The molecular formula is C75H58N8. The minimum atomic E-state index is -0.242. The summed E-state index contributed by atoms with van der Waals surface area (Å²) in [4.78, 5) is 31.0. The van der Waals surface area contributed by atoms with Gasteiger partial charge in [-0.3, -0.25) is 9.80 Å². The zero-order chi connectivity index (χ0) is 56.2. The van der Waals surface area contributed by atoms with Crippen molar-refractivity contribution in [3.63, 3.8) is 0 Å². The molecule has 0 amide bonds. The average molecular weight is 1070 g/mol. The second kappa shape index (κ2) is 19.0. The van der Waals surface area contributed by atoms with E-state index in [9.17, 15) is 0 Å². The van der Waals surface area contributed by atoms with Gasteiger partial charge in [-0.15, -0.1) is 0 Å². The Kier molecular flexibility index (Phi) is 11.4. The second-order valence-electron chi connectivity index (χ2n) is 23.8. The number of fused-ring (bicyclic) bond motifs is 11. The molecule has 0 radical (unpaired) electrons. The average Bonchev–Trinajstić information content (AvgIpc) is 3.33. The largest absolute Gasteiger partial charge is 0.279 e. The fourth-order valence-electron chi connectivity index (χ4n) is 13.4. The molecule has 8 nitrogen and oxygen atoms in total. The minimum absolute atomic E-state index is 0.177. The Bertz CT molecular complexity index is 4380. The number of benzene rings is 10. The zero-order valence-corrected chi connectivity index (χ0v) is 47.2. The van der Waals surface area contributed by atoms with E-state index in [4.69, 9.17) is 0 Å². The van der Waals surface area contributed by atoms with E-state index >= 15 is 0 Å². The fraction of sp³-hybridized carbons (Fsp3) is 0.120. The monoisotopic (exact) mass is 1070 g/mol. The van der Waals surface area contributed by atoms with Gasteiger partial charge in [-0.2, -0.15) is 0 Å². The van der Waals surface area contributed by atoms with Crippen LogP contribution in [-0.2, 0) is 16.2 Å². The first-order valence-corrected chi connectivity index (χ1v) is 28.4. The highest BCUT2D eigenvalue weighted by molar-refractivity contribution is 5.93. The summed E-state index contributed by atoms with van der Waals surface area (Å²) in [6.45, 7) is 14.1. The Morgan fingerprint density at radius 1 is 0.277 bits per heavy atom. The maximum absolute atomic E-state index is 4.62. The van der Waals surface area contributed by atoms with Crippen LogP contribution in [0.1, 0.15) is 97.2 Å². The smallest absolute Gasteiger partial charge is 0.237 e. The lowest BCUT2D eigenvalue weighted by Gasteiger charge is -2.26. The van der Waals surface area contributed by atoms with E-state index in [0.29, 0.717) is 11.9 Å². The van der Waals surface area contributed by atoms with Crippen molar-refractivity contribution in [1.82, 2.24) is 29.9 Å². The molecule has 0 saturated heterocycles. The molecule has 8 heteroatoms. The molecule has 0 saturated carbocycles. The van der Waals surface area contributed by atoms with Gasteiger partial charge in [0.15, 0.2) is 0 Å². The molecule has 3 aliphatic carbocycles. The molecule has 12 aromatic rings. The lowest BCUT2D eigenvalue weighted by molar-refractivity contribution is 0.660. The van der Waals surface area contributed by atoms with Crippen molar-refractivity contribution < 1.29 is 0 Å². The summed E-state index contributed by atoms with van der Waals surface area (Å²) >= 11 is 0. The van der Waals surface area contributed by atoms with Crippen LogP contribution < -0.4 is 9.80 Å². The normalized spacial score (nSPS) is 14.6. The first kappa shape index (κ1) is 49.8. The zero-order valence-electron chi connectivity index (χ0n) is 47.2. The molecule has 0 atom stereocenters. The van der Waals surface area contributed by atoms with Crippen LogP contribution in [0.5, 0.6) is 0 Å². The Hall–Kier alpha value is -10.2. The van der Waals surface area contributed by atoms with Crippen LogP contribution in [-0.4, -0.2) is 29.9 Å². The Morgan fingerprint density at radius 2 is 0.542 bits per heavy atom. The molecule has 0 spiro atoms. The van der Waals surface area contributed by atoms with Crippen molar-refractivity contribution in [2.45, 2.75) is 57.8 Å². The Balaban J connectivity index is 0.665. The highest BCUT2D eigenvalue weighted by atomic mass is 15.3. The molecule has 2 aromatic heterocycles. The van der Waals surface area contributed by atoms with Crippen molar-refractivity contribution >= 4 is 80.5 Å². The molecule has 83 heavy (non-hydrogen) atoms. The predicted molar refractivity (Wildman–Crippen MR) is 341 cm³/mol. The first-order valence-electron chi connectivity index (χ1n) is 28.4. The number of nitrogens with zero attached hydrogens (tertiary/aromatic N) is 8. The topological polar surface area (TPSA) is 83.8 Å². The molecule has 2 heterocycles. The molecule has 0 fully saturated rings. The van der Waals surface area contributed by atoms with Crippen molar-refractivity contribution in [3.05, 3.63) is 275 Å². The quantitative estimate of drug-likeness (QED) is 0.125. The SMILES string of the molecule is CC1(C)c2cc(C=Cc3ccc4c(c3)C(C)(C)c3cc(N(c5ccc6ccccc6c5)c5ncncn5)ccc3-4)ccc2-c2ccc(C=Cc3ccc4c(c3)C(C)(C)c3cc(N(c5ccc6ccccc6c5)c5ncncn5)ccc3-4)cc21. The van der Waals surface area contributed by atoms with Gasteiger partial charge in [-0.1, -0.05) is 211 Å². The summed E-state index contributed by atoms with van der Waals surface area (Å²) in [6.07, 6.45) is 15.3. The van der Waals surface area contributed by atoms with Crippen LogP contribution in [0, 0.1) is 0 Å². The molecular weight excluding hydrogens is 1010 g/mol. The van der Waals surface area contributed by atoms with Crippen molar-refractivity contribution in [3.8, 4) is 33.4 Å². The van der Waals surface area contributed by atoms with E-state index in [0.717, 1.165) is 33.5 Å². The molecule has 10 aromatic carbocycles. The summed E-state index contributed by atoms with van der Waals surface area (Å²) in [5, 5.41) is 4.69. The van der Waals surface area contributed by atoms with Gasteiger partial charge < -0.3 is 0 Å². The lowest BCUT2D eigenvalue weighted by Crippen LogP contribution is -2.17. The van der Waals surface area contributed by atoms with Crippen LogP contribution in [0.4, 0.5) is 34.6 Å². The Labute approximate surface area is 483 Å². The Morgan fingerprint density at radius 3 is 0.867 bits per heavy atom. The van der Waals surface area contributed by atoms with Crippen LogP contribution in [0.3, 0.4) is 0 Å². The molecule has 0 bridgehead atoms. The summed E-state index contributed by atoms with van der Waals surface area (Å²) in [6, 6.07) is 71.2. The standard InChI is InChI=1S/C75H58N8/c1-73(2)65-35-47(15-17-49-21-31-61-63-33-27-57(41-69(63)74(3,4)67(61)37-49)82(71-78-43-76-44-79-71)55-25-23-51-11-7-9-13-53(51)39-55)19-29-59(65)60-30-20-48(36-66(60)73)16-18-50-22-32-62-64-34-28-58(42-70(64)75(5,6)68(62)38-50)83(72-80-45-77-46-81-72)56-26-24-52-12-8-10-14-54(52)40-56/h7-46H,1-6H3. The number of anilines is 6. The van der Waals surface area contributed by atoms with Gasteiger partial charge in [0.05, 0.1) is 0 Å². The lowest BCUT2D eigenvalue weighted by atomic mass is 9.81. The fourth-order valence-corrected chi connectivity index (χ4v) is 13.4. The van der Waals surface area contributed by atoms with Crippen LogP contribution >= 0.6 is 0 Å². The van der Waals surface area contributed by atoms with Gasteiger partial charge in [0, 0.05) is 39.0 Å². The molecule has 3 aliphatic rings. The van der Waals surface area contributed by atoms with E-state index in [1.165, 1.54) is 99.8 Å². The maximum Gasteiger partial charge on any atom is 0.237 e. The predicted octanol–water partition coefficient (Wildman–Crippen LogP) is 18.6. The van der Waals surface area contributed by atoms with E-state index in [-0.39, 0.29) is 16.2 Å². The van der Waals surface area contributed by atoms with Crippen LogP contribution in [0.15, 0.2) is 219 Å². The van der Waals surface area contributed by atoms with Crippen molar-refractivity contribution in [1.29, 1.82) is 0 Å². The molecule has 0 unspecified atom stereocenters. The highest BCUT2D eigenvalue weighted by Gasteiger charge is 2.39. The number of hydrogen-bond acceptors (Lipinski definition) is 8. The van der Waals surface area contributed by atoms with Gasteiger partial charge in [0.2, 0.25) is 11.9 Å². The number of aromatic nitrogens is 6. The summed E-state index contributed by atoms with van der Waals surface area (Å²) in [5.74, 6) is 1.15. The van der Waals surface area contributed by atoms with Gasteiger partial charge >= 0.3 is 0 Å². The van der Waals surface area contributed by atoms with E-state index < -0.39 is 0 Å². The highest BCUT2D eigenvalue weighted by Crippen LogP contribution is 2.54. The van der Waals surface area contributed by atoms with Gasteiger partial charge in [-0.05, 0) is 159 Å². The third-order valence-corrected chi connectivity index (χ3v) is 17.9. The molecule has 15 rings (SSSR count). The van der Waals surface area contributed by atoms with E-state index in [2.05, 4.69) is 300 Å². The maximum atomic E-state index is 4.62. The van der Waals surface area contributed by atoms with Gasteiger partial charge in [0.1, 0.15) is 25.3 Å². The summed E-state index contributed by atoms with van der Waals surface area (Å²) in [7, 11) is 0. The third kappa shape index (κ3) is 8.26. The van der Waals surface area contributed by atoms with E-state index in [1.54, 1.807) is 25.3 Å². The third-order valence-electron chi connectivity index (χ3n) is 17.9. The molecule has 0 aliphatic heterocycles. The summed E-state index contributed by atoms with van der Waals surface area (Å²) < 4.78 is 0. The van der Waals surface area contributed by atoms with E-state index in [1.807, 2.05) is 0 Å². The van der Waals surface area contributed by atoms with Crippen molar-refractivity contribution in [2.24, 2.45) is 0 Å². The van der Waals surface area contributed by atoms with Gasteiger partial charge in [-0.25, -0.2) is 29.9 Å². The minimum Gasteiger partial charge on any atom is -0.279 e. The van der Waals surface area contributed by atoms with Crippen LogP contribution in [0.2, 0.25) is 0 Å². The number of rotatable bonds is 10. The second-order valence-corrected chi connectivity index (χ2v) is 23.8. The summed E-state index contributed by atoms with van der Waals surface area (Å²) in [5.41, 5.74) is 23.6.